The van der Waals surface area contributed by atoms with Crippen molar-refractivity contribution >= 4 is 27.3 Å². The van der Waals surface area contributed by atoms with Crippen LogP contribution in [0.25, 0.3) is 0 Å². The van der Waals surface area contributed by atoms with E-state index in [2.05, 4.69) is 9.71 Å². The zero-order chi connectivity index (χ0) is 14.8. The largest absolute Gasteiger partial charge is 0.399 e. The van der Waals surface area contributed by atoms with Crippen molar-refractivity contribution < 1.29 is 12.8 Å². The van der Waals surface area contributed by atoms with Crippen LogP contribution in [0.15, 0.2) is 41.6 Å². The first kappa shape index (κ1) is 14.7. The van der Waals surface area contributed by atoms with Crippen LogP contribution in [0.4, 0.5) is 10.1 Å². The molecule has 0 aliphatic carbocycles. The van der Waals surface area contributed by atoms with Gasteiger partial charge in [-0.1, -0.05) is 11.6 Å². The Morgan fingerprint density at radius 3 is 2.60 bits per heavy atom. The van der Waals surface area contributed by atoms with Crippen LogP contribution in [-0.2, 0) is 16.6 Å². The van der Waals surface area contributed by atoms with Crippen LogP contribution >= 0.6 is 11.6 Å². The third kappa shape index (κ3) is 3.24. The number of benzene rings is 1. The Morgan fingerprint density at radius 1 is 1.30 bits per heavy atom. The predicted molar refractivity (Wildman–Crippen MR) is 74.1 cm³/mol. The summed E-state index contributed by atoms with van der Waals surface area (Å²) in [4.78, 5) is 3.24. The van der Waals surface area contributed by atoms with E-state index in [4.69, 9.17) is 17.3 Å². The van der Waals surface area contributed by atoms with Crippen molar-refractivity contribution in [2.75, 3.05) is 5.73 Å². The molecule has 0 radical (unpaired) electrons. The summed E-state index contributed by atoms with van der Waals surface area (Å²) >= 11 is 5.59. The number of nitrogens with zero attached hydrogens (tertiary/aromatic N) is 1. The highest BCUT2D eigenvalue weighted by atomic mass is 35.5. The molecule has 0 amide bonds. The van der Waals surface area contributed by atoms with Crippen LogP contribution in [-0.4, -0.2) is 13.4 Å². The smallest absolute Gasteiger partial charge is 0.243 e. The van der Waals surface area contributed by atoms with Crippen LogP contribution < -0.4 is 10.5 Å². The number of pyridine rings is 1. The van der Waals surface area contributed by atoms with Crippen molar-refractivity contribution in [1.29, 1.82) is 0 Å². The molecule has 0 spiro atoms. The number of nitrogens with one attached hydrogen (secondary N) is 1. The minimum atomic E-state index is -4.04. The molecule has 0 aliphatic rings. The lowest BCUT2D eigenvalue weighted by Gasteiger charge is -2.09. The van der Waals surface area contributed by atoms with Gasteiger partial charge in [-0.3, -0.25) is 4.98 Å². The Kier molecular flexibility index (Phi) is 4.22. The zero-order valence-corrected chi connectivity index (χ0v) is 11.7. The van der Waals surface area contributed by atoms with Gasteiger partial charge in [0.25, 0.3) is 0 Å². The minimum Gasteiger partial charge on any atom is -0.399 e. The maximum Gasteiger partial charge on any atom is 0.243 e. The molecule has 1 heterocycles. The summed E-state index contributed by atoms with van der Waals surface area (Å²) in [6.45, 7) is 0.0106. The predicted octanol–water partition coefficient (Wildman–Crippen LogP) is 1.93. The molecule has 2 rings (SSSR count). The molecular weight excluding hydrogens is 305 g/mol. The van der Waals surface area contributed by atoms with Gasteiger partial charge < -0.3 is 5.73 Å². The van der Waals surface area contributed by atoms with Crippen molar-refractivity contribution in [3.63, 3.8) is 0 Å². The lowest BCUT2D eigenvalue weighted by atomic mass is 10.3. The van der Waals surface area contributed by atoms with Crippen molar-refractivity contribution in [2.45, 2.75) is 11.4 Å². The lowest BCUT2D eigenvalue weighted by molar-refractivity contribution is 0.557. The number of sulfonamides is 1. The molecule has 0 saturated carbocycles. The maximum absolute atomic E-state index is 13.8. The molecule has 2 aromatic rings. The summed E-state index contributed by atoms with van der Waals surface area (Å²) in [6.07, 6.45) is 3.06. The Balaban J connectivity index is 2.27. The lowest BCUT2D eigenvalue weighted by Crippen LogP contribution is -2.24. The monoisotopic (exact) mass is 315 g/mol. The zero-order valence-electron chi connectivity index (χ0n) is 10.2. The van der Waals surface area contributed by atoms with Crippen molar-refractivity contribution in [2.24, 2.45) is 0 Å². The van der Waals surface area contributed by atoms with Crippen LogP contribution in [0.5, 0.6) is 0 Å². The first-order valence-electron chi connectivity index (χ1n) is 5.53. The van der Waals surface area contributed by atoms with Crippen LogP contribution in [0.2, 0.25) is 5.02 Å². The fourth-order valence-electron chi connectivity index (χ4n) is 1.54. The second-order valence-electron chi connectivity index (χ2n) is 3.99. The Hall–Kier alpha value is -1.70. The number of anilines is 1. The van der Waals surface area contributed by atoms with Gasteiger partial charge in [-0.25, -0.2) is 17.5 Å². The van der Waals surface area contributed by atoms with E-state index < -0.39 is 20.7 Å². The average Bonchev–Trinajstić information content (AvgIpc) is 2.42. The van der Waals surface area contributed by atoms with E-state index in [0.717, 1.165) is 12.1 Å². The normalized spacial score (nSPS) is 11.5. The average molecular weight is 316 g/mol. The van der Waals surface area contributed by atoms with Crippen molar-refractivity contribution in [3.8, 4) is 0 Å². The van der Waals surface area contributed by atoms with Gasteiger partial charge in [0, 0.05) is 24.6 Å². The Labute approximate surface area is 120 Å². The third-order valence-electron chi connectivity index (χ3n) is 2.52. The summed E-state index contributed by atoms with van der Waals surface area (Å²) in [5.41, 5.74) is 6.24. The summed E-state index contributed by atoms with van der Waals surface area (Å²) in [7, 11) is -4.04. The van der Waals surface area contributed by atoms with Crippen LogP contribution in [0.1, 0.15) is 5.56 Å². The highest BCUT2D eigenvalue weighted by Crippen LogP contribution is 2.25. The number of hydrogen-bond acceptors (Lipinski definition) is 4. The maximum atomic E-state index is 13.8. The van der Waals surface area contributed by atoms with Crippen LogP contribution in [0.3, 0.4) is 0 Å². The second kappa shape index (κ2) is 5.74. The van der Waals surface area contributed by atoms with Crippen molar-refractivity contribution in [1.82, 2.24) is 9.71 Å². The molecular formula is C12H11ClFN3O2S. The Bertz CT molecular complexity index is 723. The number of halogens is 2. The van der Waals surface area contributed by atoms with E-state index in [9.17, 15) is 12.8 Å². The molecule has 20 heavy (non-hydrogen) atoms. The summed E-state index contributed by atoms with van der Waals surface area (Å²) in [5.74, 6) is -1.02. The van der Waals surface area contributed by atoms with Gasteiger partial charge in [0.15, 0.2) is 5.82 Å². The highest BCUT2D eigenvalue weighted by molar-refractivity contribution is 7.89. The van der Waals surface area contributed by atoms with Gasteiger partial charge in [-0.15, -0.1) is 0 Å². The number of aromatic nitrogens is 1. The number of nitrogens with two attached hydrogens (primary N) is 1. The highest BCUT2D eigenvalue weighted by Gasteiger charge is 2.21. The second-order valence-corrected chi connectivity index (χ2v) is 6.14. The summed E-state index contributed by atoms with van der Waals surface area (Å²) in [6, 6.07) is 5.46. The molecule has 0 atom stereocenters. The van der Waals surface area contributed by atoms with Crippen LogP contribution in [0, 0.1) is 5.82 Å². The summed E-state index contributed by atoms with van der Waals surface area (Å²) < 4.78 is 40.2. The molecule has 1 aromatic heterocycles. The standard InChI is InChI=1S/C12H11ClFN3O2S/c13-10-5-9(15)6-11(12(10)14)20(18,19)17-7-8-1-3-16-4-2-8/h1-6,17H,7,15H2. The molecule has 106 valence electrons. The number of hydrogen-bond donors (Lipinski definition) is 2. The van der Waals surface area contributed by atoms with Crippen molar-refractivity contribution in [3.05, 3.63) is 53.1 Å². The van der Waals surface area contributed by atoms with Gasteiger partial charge in [0.2, 0.25) is 10.0 Å². The first-order chi connectivity index (χ1) is 9.40. The van der Waals surface area contributed by atoms with E-state index in [1.807, 2.05) is 0 Å². The molecule has 0 aliphatic heterocycles. The molecule has 8 heteroatoms. The van der Waals surface area contributed by atoms with Gasteiger partial charge in [0.05, 0.1) is 5.02 Å². The molecule has 1 aromatic carbocycles. The van der Waals surface area contributed by atoms with E-state index in [-0.39, 0.29) is 17.3 Å². The molecule has 0 saturated heterocycles. The van der Waals surface area contributed by atoms with Gasteiger partial charge in [-0.2, -0.15) is 0 Å². The molecule has 5 nitrogen and oxygen atoms in total. The topological polar surface area (TPSA) is 85.1 Å². The van der Waals surface area contributed by atoms with E-state index >= 15 is 0 Å². The van der Waals surface area contributed by atoms with Gasteiger partial charge in [-0.05, 0) is 29.8 Å². The third-order valence-corrected chi connectivity index (χ3v) is 4.20. The fraction of sp³-hybridized carbons (Fsp3) is 0.0833. The van der Waals surface area contributed by atoms with E-state index in [1.165, 1.54) is 12.4 Å². The summed E-state index contributed by atoms with van der Waals surface area (Å²) in [5, 5.41) is -0.339. The fourth-order valence-corrected chi connectivity index (χ4v) is 2.97. The SMILES string of the molecule is Nc1cc(Cl)c(F)c(S(=O)(=O)NCc2ccncc2)c1. The van der Waals surface area contributed by atoms with E-state index in [1.54, 1.807) is 12.1 Å². The quantitative estimate of drug-likeness (QED) is 0.844. The Morgan fingerprint density at radius 2 is 1.95 bits per heavy atom. The number of nitrogen functional groups attached to an aromatic ring is 1. The van der Waals surface area contributed by atoms with Gasteiger partial charge in [0.1, 0.15) is 4.90 Å². The number of rotatable bonds is 4. The molecule has 0 fully saturated rings. The first-order valence-corrected chi connectivity index (χ1v) is 7.39. The molecule has 0 unspecified atom stereocenters. The van der Waals surface area contributed by atoms with Gasteiger partial charge >= 0.3 is 0 Å². The van der Waals surface area contributed by atoms with E-state index in [0.29, 0.717) is 5.56 Å². The molecule has 3 N–H and O–H groups in total. The molecule has 0 bridgehead atoms. The minimum absolute atomic E-state index is 0.0106.